The maximum atomic E-state index is 9.21. The normalized spacial score (nSPS) is 16.2. The minimum absolute atomic E-state index is 0.132. The fraction of sp³-hybridized carbons (Fsp3) is 0.308. The first-order valence-corrected chi connectivity index (χ1v) is 6.68. The average Bonchev–Trinajstić information content (AvgIpc) is 2.92. The number of rotatable bonds is 2. The number of hydrogen-bond acceptors (Lipinski definition) is 5. The zero-order chi connectivity index (χ0) is 12.8. The second-order valence-electron chi connectivity index (χ2n) is 4.86. The molecule has 1 aliphatic rings. The molecule has 0 saturated heterocycles. The molecule has 1 saturated carbocycles. The summed E-state index contributed by atoms with van der Waals surface area (Å²) in [5, 5.41) is 11.1. The van der Waals surface area contributed by atoms with E-state index in [0.717, 1.165) is 29.8 Å². The molecule has 5 heteroatoms. The van der Waals surface area contributed by atoms with Gasteiger partial charge in [0.15, 0.2) is 0 Å². The quantitative estimate of drug-likeness (QED) is 0.896. The average molecular weight is 256 g/mol. The fourth-order valence-electron chi connectivity index (χ4n) is 1.98. The molecule has 1 aliphatic carbocycles. The Morgan fingerprint density at radius 2 is 2.28 bits per heavy atom. The van der Waals surface area contributed by atoms with Crippen LogP contribution in [0.15, 0.2) is 17.0 Å². The van der Waals surface area contributed by atoms with Crippen LogP contribution in [0.3, 0.4) is 0 Å². The lowest BCUT2D eigenvalue weighted by Gasteiger charge is -2.12. The Kier molecular flexibility index (Phi) is 2.35. The highest BCUT2D eigenvalue weighted by atomic mass is 32.1. The summed E-state index contributed by atoms with van der Waals surface area (Å²) in [6.07, 6.45) is 2.25. The van der Waals surface area contributed by atoms with Crippen molar-refractivity contribution in [3.63, 3.8) is 0 Å². The van der Waals surface area contributed by atoms with Crippen LogP contribution in [0, 0.1) is 11.3 Å². The minimum Gasteiger partial charge on any atom is -0.383 e. The molecule has 18 heavy (non-hydrogen) atoms. The van der Waals surface area contributed by atoms with Gasteiger partial charge in [-0.2, -0.15) is 5.26 Å². The summed E-state index contributed by atoms with van der Waals surface area (Å²) in [5.74, 6) is 0.311. The Labute approximate surface area is 109 Å². The smallest absolute Gasteiger partial charge is 0.142 e. The van der Waals surface area contributed by atoms with Crippen LogP contribution in [-0.4, -0.2) is 9.97 Å². The van der Waals surface area contributed by atoms with Gasteiger partial charge in [-0.15, -0.1) is 11.3 Å². The van der Waals surface area contributed by atoms with Crippen LogP contribution in [0.4, 0.5) is 5.82 Å². The van der Waals surface area contributed by atoms with Gasteiger partial charge < -0.3 is 5.73 Å². The van der Waals surface area contributed by atoms with Crippen LogP contribution >= 0.6 is 11.3 Å². The molecule has 0 atom stereocenters. The second-order valence-corrected chi connectivity index (χ2v) is 5.58. The van der Waals surface area contributed by atoms with Crippen molar-refractivity contribution < 1.29 is 0 Å². The third-order valence-electron chi connectivity index (χ3n) is 3.49. The van der Waals surface area contributed by atoms with E-state index in [1.54, 1.807) is 5.51 Å². The zero-order valence-corrected chi connectivity index (χ0v) is 10.8. The molecule has 90 valence electrons. The summed E-state index contributed by atoms with van der Waals surface area (Å²) < 4.78 is 0. The SMILES string of the molecule is CC1(c2cc(-c3cscn3)c(C#N)c(N)n2)CC1. The molecule has 2 aromatic rings. The Morgan fingerprint density at radius 1 is 1.50 bits per heavy atom. The van der Waals surface area contributed by atoms with Crippen LogP contribution in [0.1, 0.15) is 31.0 Å². The van der Waals surface area contributed by atoms with Gasteiger partial charge in [0.1, 0.15) is 17.5 Å². The van der Waals surface area contributed by atoms with Gasteiger partial charge in [0.25, 0.3) is 0 Å². The monoisotopic (exact) mass is 256 g/mol. The van der Waals surface area contributed by atoms with Crippen LogP contribution in [0.25, 0.3) is 11.3 Å². The first-order valence-electron chi connectivity index (χ1n) is 5.74. The van der Waals surface area contributed by atoms with Crippen molar-refractivity contribution in [3.8, 4) is 17.3 Å². The zero-order valence-electron chi connectivity index (χ0n) is 9.97. The molecule has 0 radical (unpaired) electrons. The number of aromatic nitrogens is 2. The molecule has 0 aromatic carbocycles. The Hall–Kier alpha value is -1.93. The van der Waals surface area contributed by atoms with Gasteiger partial charge >= 0.3 is 0 Å². The summed E-state index contributed by atoms with van der Waals surface area (Å²) in [6.45, 7) is 2.17. The van der Waals surface area contributed by atoms with E-state index in [2.05, 4.69) is 23.0 Å². The molecule has 0 unspecified atom stereocenters. The predicted octanol–water partition coefficient (Wildman–Crippen LogP) is 2.71. The van der Waals surface area contributed by atoms with E-state index in [1.807, 2.05) is 11.4 Å². The van der Waals surface area contributed by atoms with E-state index >= 15 is 0 Å². The maximum Gasteiger partial charge on any atom is 0.142 e. The lowest BCUT2D eigenvalue weighted by atomic mass is 9.99. The van der Waals surface area contributed by atoms with E-state index in [0.29, 0.717) is 11.4 Å². The molecular weight excluding hydrogens is 244 g/mol. The van der Waals surface area contributed by atoms with E-state index in [1.165, 1.54) is 11.3 Å². The third kappa shape index (κ3) is 1.66. The van der Waals surface area contributed by atoms with Gasteiger partial charge in [0.2, 0.25) is 0 Å². The van der Waals surface area contributed by atoms with Crippen molar-refractivity contribution in [1.82, 2.24) is 9.97 Å². The molecule has 1 fully saturated rings. The fourth-order valence-corrected chi connectivity index (χ4v) is 2.53. The summed E-state index contributed by atoms with van der Waals surface area (Å²) in [6, 6.07) is 4.10. The van der Waals surface area contributed by atoms with Gasteiger partial charge in [-0.3, -0.25) is 0 Å². The maximum absolute atomic E-state index is 9.21. The van der Waals surface area contributed by atoms with Crippen molar-refractivity contribution in [1.29, 1.82) is 5.26 Å². The number of anilines is 1. The van der Waals surface area contributed by atoms with Crippen molar-refractivity contribution in [2.75, 3.05) is 5.73 Å². The number of thiazole rings is 1. The van der Waals surface area contributed by atoms with Gasteiger partial charge in [-0.25, -0.2) is 9.97 Å². The highest BCUT2D eigenvalue weighted by Crippen LogP contribution is 2.48. The van der Waals surface area contributed by atoms with Gasteiger partial charge in [0, 0.05) is 22.1 Å². The molecule has 2 aromatic heterocycles. The molecule has 3 rings (SSSR count). The molecule has 0 spiro atoms. The van der Waals surface area contributed by atoms with Crippen LogP contribution < -0.4 is 5.73 Å². The number of hydrogen-bond donors (Lipinski definition) is 1. The molecule has 4 nitrogen and oxygen atoms in total. The summed E-state index contributed by atoms with van der Waals surface area (Å²) in [4.78, 5) is 8.64. The lowest BCUT2D eigenvalue weighted by Crippen LogP contribution is -2.08. The predicted molar refractivity (Wildman–Crippen MR) is 71.1 cm³/mol. The number of pyridine rings is 1. The number of nitrogen functional groups attached to an aromatic ring is 1. The van der Waals surface area contributed by atoms with E-state index < -0.39 is 0 Å². The van der Waals surface area contributed by atoms with E-state index in [9.17, 15) is 5.26 Å². The van der Waals surface area contributed by atoms with Crippen molar-refractivity contribution in [2.24, 2.45) is 0 Å². The Bertz CT molecular complexity index is 636. The molecule has 0 bridgehead atoms. The Balaban J connectivity index is 2.22. The van der Waals surface area contributed by atoms with Crippen LogP contribution in [0.5, 0.6) is 0 Å². The van der Waals surface area contributed by atoms with Gasteiger partial charge in [-0.05, 0) is 18.9 Å². The van der Waals surface area contributed by atoms with E-state index in [-0.39, 0.29) is 5.41 Å². The second kappa shape index (κ2) is 3.79. The summed E-state index contributed by atoms with van der Waals surface area (Å²) in [7, 11) is 0. The third-order valence-corrected chi connectivity index (χ3v) is 4.07. The topological polar surface area (TPSA) is 75.6 Å². The molecular formula is C13H12N4S. The number of nitriles is 1. The number of nitrogens with two attached hydrogens (primary N) is 1. The standard InChI is InChI=1S/C13H12N4S/c1-13(2-3-13)11-4-8(10-6-18-7-16-10)9(5-14)12(15)17-11/h4,6-7H,2-3H2,1H3,(H2,15,17). The van der Waals surface area contributed by atoms with Gasteiger partial charge in [0.05, 0.1) is 11.2 Å². The first kappa shape index (κ1) is 11.2. The highest BCUT2D eigenvalue weighted by molar-refractivity contribution is 7.07. The van der Waals surface area contributed by atoms with Crippen molar-refractivity contribution >= 4 is 17.2 Å². The lowest BCUT2D eigenvalue weighted by molar-refractivity contribution is 0.752. The summed E-state index contributed by atoms with van der Waals surface area (Å²) >= 11 is 1.51. The largest absolute Gasteiger partial charge is 0.383 e. The highest BCUT2D eigenvalue weighted by Gasteiger charge is 2.41. The first-order chi connectivity index (χ1) is 8.64. The number of nitrogens with zero attached hydrogens (tertiary/aromatic N) is 3. The molecule has 0 aliphatic heterocycles. The van der Waals surface area contributed by atoms with Crippen molar-refractivity contribution in [3.05, 3.63) is 28.2 Å². The van der Waals surface area contributed by atoms with Crippen molar-refractivity contribution in [2.45, 2.75) is 25.2 Å². The minimum atomic E-state index is 0.132. The van der Waals surface area contributed by atoms with Crippen LogP contribution in [-0.2, 0) is 5.41 Å². The van der Waals surface area contributed by atoms with Crippen LogP contribution in [0.2, 0.25) is 0 Å². The summed E-state index contributed by atoms with van der Waals surface area (Å²) in [5.41, 5.74) is 10.8. The van der Waals surface area contributed by atoms with E-state index in [4.69, 9.17) is 5.73 Å². The Morgan fingerprint density at radius 3 is 2.83 bits per heavy atom. The molecule has 0 amide bonds. The molecule has 2 heterocycles. The van der Waals surface area contributed by atoms with Gasteiger partial charge in [-0.1, -0.05) is 6.92 Å². The molecule has 2 N–H and O–H groups in total.